The van der Waals surface area contributed by atoms with E-state index in [0.29, 0.717) is 5.56 Å². The van der Waals surface area contributed by atoms with Crippen molar-refractivity contribution in [2.45, 2.75) is 31.2 Å². The van der Waals surface area contributed by atoms with Crippen LogP contribution in [0.3, 0.4) is 0 Å². The Morgan fingerprint density at radius 3 is 2.43 bits per heavy atom. The lowest BCUT2D eigenvalue weighted by molar-refractivity contribution is 0.0244. The van der Waals surface area contributed by atoms with Crippen molar-refractivity contribution >= 4 is 5.69 Å². The minimum atomic E-state index is -1.11. The minimum Gasteiger partial charge on any atom is -0.393 e. The molecule has 2 unspecified atom stereocenters. The Hall–Kier alpha value is -1.79. The summed E-state index contributed by atoms with van der Waals surface area (Å²) in [4.78, 5) is 4.74. The smallest absolute Gasteiger partial charge is 0.105 e. The van der Waals surface area contributed by atoms with Gasteiger partial charge >= 0.3 is 0 Å². The van der Waals surface area contributed by atoms with Gasteiger partial charge < -0.3 is 20.2 Å². The number of aliphatic hydroxyl groups excluding tert-OH is 3. The van der Waals surface area contributed by atoms with Crippen LogP contribution in [0.2, 0.25) is 0 Å². The van der Waals surface area contributed by atoms with E-state index in [1.165, 1.54) is 0 Å². The Balaban J connectivity index is 1.99. The standard InChI is InChI=1S/C14H20N4O3/c15-17-16-9-13(20)14(21)10-1-3-11(4-2-10)18-7-5-12(19)6-8-18/h1-4,12-14,19-21H,5-9H2. The molecule has 7 nitrogen and oxygen atoms in total. The number of rotatable bonds is 5. The summed E-state index contributed by atoms with van der Waals surface area (Å²) in [6.45, 7) is 1.45. The molecule has 1 aromatic rings. The lowest BCUT2D eigenvalue weighted by Crippen LogP contribution is -2.35. The van der Waals surface area contributed by atoms with Crippen molar-refractivity contribution in [1.29, 1.82) is 0 Å². The Labute approximate surface area is 123 Å². The number of benzene rings is 1. The topological polar surface area (TPSA) is 113 Å². The number of hydrogen-bond acceptors (Lipinski definition) is 5. The molecule has 2 atom stereocenters. The van der Waals surface area contributed by atoms with Crippen LogP contribution in [0.25, 0.3) is 10.4 Å². The summed E-state index contributed by atoms with van der Waals surface area (Å²) in [5, 5.41) is 32.4. The first-order valence-electron chi connectivity index (χ1n) is 7.02. The molecule has 0 radical (unpaired) electrons. The molecule has 21 heavy (non-hydrogen) atoms. The highest BCUT2D eigenvalue weighted by Gasteiger charge is 2.19. The zero-order chi connectivity index (χ0) is 15.2. The SMILES string of the molecule is [N-]=[N+]=NCC(O)C(O)c1ccc(N2CCC(O)CC2)cc1. The maximum absolute atomic E-state index is 9.97. The van der Waals surface area contributed by atoms with Crippen molar-refractivity contribution in [3.63, 3.8) is 0 Å². The Kier molecular flexibility index (Phi) is 5.41. The molecule has 0 aromatic heterocycles. The number of hydrogen-bond donors (Lipinski definition) is 3. The summed E-state index contributed by atoms with van der Waals surface area (Å²) in [6.07, 6.45) is -0.882. The van der Waals surface area contributed by atoms with E-state index < -0.39 is 12.2 Å². The molecular weight excluding hydrogens is 272 g/mol. The number of aliphatic hydroxyl groups is 3. The van der Waals surface area contributed by atoms with Crippen LogP contribution in [0.15, 0.2) is 29.4 Å². The minimum absolute atomic E-state index is 0.163. The van der Waals surface area contributed by atoms with E-state index in [2.05, 4.69) is 14.9 Å². The second-order valence-electron chi connectivity index (χ2n) is 5.24. The third-order valence-corrected chi connectivity index (χ3v) is 3.76. The first-order valence-corrected chi connectivity index (χ1v) is 7.02. The Morgan fingerprint density at radius 2 is 1.86 bits per heavy atom. The first kappa shape index (κ1) is 15.6. The highest BCUT2D eigenvalue weighted by atomic mass is 16.3. The van der Waals surface area contributed by atoms with Gasteiger partial charge in [-0.1, -0.05) is 17.2 Å². The fraction of sp³-hybridized carbons (Fsp3) is 0.571. The van der Waals surface area contributed by atoms with Crippen LogP contribution in [-0.2, 0) is 0 Å². The molecule has 0 saturated carbocycles. The molecule has 1 aromatic carbocycles. The van der Waals surface area contributed by atoms with Crippen LogP contribution >= 0.6 is 0 Å². The van der Waals surface area contributed by atoms with E-state index in [9.17, 15) is 15.3 Å². The number of azide groups is 1. The first-order chi connectivity index (χ1) is 10.1. The van der Waals surface area contributed by atoms with Gasteiger partial charge in [0.2, 0.25) is 0 Å². The van der Waals surface area contributed by atoms with Crippen LogP contribution in [0.1, 0.15) is 24.5 Å². The zero-order valence-corrected chi connectivity index (χ0v) is 11.7. The molecule has 1 aliphatic rings. The molecule has 3 N–H and O–H groups in total. The lowest BCUT2D eigenvalue weighted by Gasteiger charge is -2.31. The Bertz CT molecular complexity index is 493. The molecule has 1 fully saturated rings. The second-order valence-corrected chi connectivity index (χ2v) is 5.24. The van der Waals surface area contributed by atoms with Crippen molar-refractivity contribution in [3.8, 4) is 0 Å². The summed E-state index contributed by atoms with van der Waals surface area (Å²) in [5.41, 5.74) is 9.82. The average Bonchev–Trinajstić information content (AvgIpc) is 2.53. The van der Waals surface area contributed by atoms with E-state index in [-0.39, 0.29) is 12.6 Å². The third-order valence-electron chi connectivity index (χ3n) is 3.76. The predicted octanol–water partition coefficient (Wildman–Crippen LogP) is 1.35. The highest BCUT2D eigenvalue weighted by molar-refractivity contribution is 5.48. The fourth-order valence-corrected chi connectivity index (χ4v) is 2.45. The van der Waals surface area contributed by atoms with Crippen LogP contribution in [0, 0.1) is 0 Å². The van der Waals surface area contributed by atoms with Gasteiger partial charge in [0.05, 0.1) is 18.8 Å². The van der Waals surface area contributed by atoms with Gasteiger partial charge in [-0.15, -0.1) is 0 Å². The van der Waals surface area contributed by atoms with Crippen molar-refractivity contribution < 1.29 is 15.3 Å². The number of nitrogens with zero attached hydrogens (tertiary/aromatic N) is 4. The molecule has 7 heteroatoms. The highest BCUT2D eigenvalue weighted by Crippen LogP contribution is 2.24. The second kappa shape index (κ2) is 7.28. The van der Waals surface area contributed by atoms with Gasteiger partial charge in [0, 0.05) is 23.7 Å². The summed E-state index contributed by atoms with van der Waals surface area (Å²) >= 11 is 0. The van der Waals surface area contributed by atoms with Gasteiger partial charge in [-0.25, -0.2) is 0 Å². The molecule has 114 valence electrons. The normalized spacial score (nSPS) is 18.9. The summed E-state index contributed by atoms with van der Waals surface area (Å²) < 4.78 is 0. The van der Waals surface area contributed by atoms with E-state index in [1.54, 1.807) is 12.1 Å². The molecule has 0 bridgehead atoms. The van der Waals surface area contributed by atoms with Gasteiger partial charge in [0.1, 0.15) is 6.10 Å². The van der Waals surface area contributed by atoms with Gasteiger partial charge in [-0.3, -0.25) is 0 Å². The van der Waals surface area contributed by atoms with Gasteiger partial charge in [0.25, 0.3) is 0 Å². The molecule has 0 spiro atoms. The zero-order valence-electron chi connectivity index (χ0n) is 11.7. The summed E-state index contributed by atoms with van der Waals surface area (Å²) in [5.74, 6) is 0. The monoisotopic (exact) mass is 292 g/mol. The average molecular weight is 292 g/mol. The van der Waals surface area contributed by atoms with E-state index >= 15 is 0 Å². The van der Waals surface area contributed by atoms with Gasteiger partial charge in [-0.2, -0.15) is 0 Å². The molecule has 0 aliphatic carbocycles. The maximum atomic E-state index is 9.97. The summed E-state index contributed by atoms with van der Waals surface area (Å²) in [6, 6.07) is 7.28. The molecule has 1 saturated heterocycles. The molecule has 0 amide bonds. The largest absolute Gasteiger partial charge is 0.393 e. The van der Waals surface area contributed by atoms with E-state index in [1.807, 2.05) is 12.1 Å². The molecule has 1 heterocycles. The quantitative estimate of drug-likeness (QED) is 0.432. The van der Waals surface area contributed by atoms with Crippen molar-refractivity contribution in [2.24, 2.45) is 5.11 Å². The van der Waals surface area contributed by atoms with Crippen molar-refractivity contribution in [1.82, 2.24) is 0 Å². The lowest BCUT2D eigenvalue weighted by atomic mass is 10.0. The van der Waals surface area contributed by atoms with E-state index in [4.69, 9.17) is 5.53 Å². The molecule has 2 rings (SSSR count). The number of anilines is 1. The molecule has 1 aliphatic heterocycles. The van der Waals surface area contributed by atoms with Crippen LogP contribution in [-0.4, -0.2) is 47.2 Å². The van der Waals surface area contributed by atoms with Crippen LogP contribution in [0.5, 0.6) is 0 Å². The third kappa shape index (κ3) is 4.09. The van der Waals surface area contributed by atoms with Crippen molar-refractivity contribution in [3.05, 3.63) is 40.3 Å². The van der Waals surface area contributed by atoms with Gasteiger partial charge in [-0.05, 0) is 36.1 Å². The maximum Gasteiger partial charge on any atom is 0.105 e. The molecular formula is C14H20N4O3. The fourth-order valence-electron chi connectivity index (χ4n) is 2.45. The van der Waals surface area contributed by atoms with Gasteiger partial charge in [0.15, 0.2) is 0 Å². The predicted molar refractivity (Wildman–Crippen MR) is 78.9 cm³/mol. The van der Waals surface area contributed by atoms with E-state index in [0.717, 1.165) is 31.6 Å². The summed E-state index contributed by atoms with van der Waals surface area (Å²) in [7, 11) is 0. The number of piperidine rings is 1. The van der Waals surface area contributed by atoms with Crippen LogP contribution in [0.4, 0.5) is 5.69 Å². The van der Waals surface area contributed by atoms with Crippen molar-refractivity contribution in [2.75, 3.05) is 24.5 Å². The van der Waals surface area contributed by atoms with Crippen LogP contribution < -0.4 is 4.90 Å². The Morgan fingerprint density at radius 1 is 1.24 bits per heavy atom.